The van der Waals surface area contributed by atoms with Crippen LogP contribution in [0.2, 0.25) is 0 Å². The fourth-order valence-corrected chi connectivity index (χ4v) is 2.70. The fourth-order valence-electron chi connectivity index (χ4n) is 2.70. The molecule has 0 amide bonds. The lowest BCUT2D eigenvalue weighted by Gasteiger charge is -2.26. The van der Waals surface area contributed by atoms with E-state index in [1.54, 1.807) is 22.7 Å². The van der Waals surface area contributed by atoms with Gasteiger partial charge in [-0.15, -0.1) is 0 Å². The molecular formula is C16H15FN4O3. The molecule has 0 bridgehead atoms. The molecule has 1 aliphatic heterocycles. The first kappa shape index (κ1) is 15.9. The average Bonchev–Trinajstić information content (AvgIpc) is 2.99. The van der Waals surface area contributed by atoms with Crippen LogP contribution in [0.5, 0.6) is 0 Å². The molecule has 0 saturated carbocycles. The summed E-state index contributed by atoms with van der Waals surface area (Å²) >= 11 is 0. The molecule has 0 radical (unpaired) electrons. The average molecular weight is 330 g/mol. The maximum Gasteiger partial charge on any atom is 0.293 e. The zero-order valence-corrected chi connectivity index (χ0v) is 13.0. The predicted octanol–water partition coefficient (Wildman–Crippen LogP) is 2.62. The molecule has 124 valence electrons. The van der Waals surface area contributed by atoms with Crippen LogP contribution in [0.1, 0.15) is 22.6 Å². The Morgan fingerprint density at radius 1 is 1.42 bits per heavy atom. The van der Waals surface area contributed by atoms with Crippen LogP contribution in [0.15, 0.2) is 42.5 Å². The third-order valence-electron chi connectivity index (χ3n) is 3.91. The number of imidazole rings is 1. The smallest absolute Gasteiger partial charge is 0.293 e. The number of nitro groups is 1. The maximum atomic E-state index is 13.5. The van der Waals surface area contributed by atoms with Crippen LogP contribution >= 0.6 is 0 Å². The van der Waals surface area contributed by atoms with Crippen molar-refractivity contribution in [3.8, 4) is 0 Å². The molecule has 1 aromatic heterocycles. The monoisotopic (exact) mass is 330 g/mol. The Balaban J connectivity index is 1.99. The van der Waals surface area contributed by atoms with Gasteiger partial charge in [0.15, 0.2) is 5.82 Å². The summed E-state index contributed by atoms with van der Waals surface area (Å²) in [5, 5.41) is 11.4. The standard InChI is InChI=1S/C16H15FN4O3/c1-19-8-6-18-16(19)15(22)11-4-5-13(14(9-11)21(23)24)20-7-2-3-12(17)10-20/h3-6,8-9H,2,7,10H2,1H3. The first-order valence-electron chi connectivity index (χ1n) is 7.37. The molecule has 8 heteroatoms. The van der Waals surface area contributed by atoms with Crippen molar-refractivity contribution in [2.75, 3.05) is 18.0 Å². The molecule has 0 saturated heterocycles. The van der Waals surface area contributed by atoms with Crippen molar-refractivity contribution in [3.63, 3.8) is 0 Å². The third kappa shape index (κ3) is 2.90. The summed E-state index contributed by atoms with van der Waals surface area (Å²) in [6.45, 7) is 0.481. The van der Waals surface area contributed by atoms with Crippen molar-refractivity contribution in [1.82, 2.24) is 9.55 Å². The fraction of sp³-hybridized carbons (Fsp3) is 0.250. The van der Waals surface area contributed by atoms with Gasteiger partial charge in [0.25, 0.3) is 5.69 Å². The van der Waals surface area contributed by atoms with E-state index in [0.29, 0.717) is 18.7 Å². The molecule has 1 aromatic carbocycles. The molecule has 0 aliphatic carbocycles. The van der Waals surface area contributed by atoms with E-state index in [9.17, 15) is 19.3 Å². The normalized spacial score (nSPS) is 14.4. The highest BCUT2D eigenvalue weighted by molar-refractivity contribution is 6.07. The second-order valence-corrected chi connectivity index (χ2v) is 5.51. The summed E-state index contributed by atoms with van der Waals surface area (Å²) in [7, 11) is 1.67. The molecule has 3 rings (SSSR count). The van der Waals surface area contributed by atoms with Crippen LogP contribution < -0.4 is 4.90 Å². The van der Waals surface area contributed by atoms with E-state index in [2.05, 4.69) is 4.98 Å². The number of anilines is 1. The minimum absolute atomic E-state index is 0.00645. The van der Waals surface area contributed by atoms with Gasteiger partial charge in [-0.3, -0.25) is 14.9 Å². The number of rotatable bonds is 4. The number of aromatic nitrogens is 2. The SMILES string of the molecule is Cn1ccnc1C(=O)c1ccc(N2CCC=C(F)C2)c([N+](=O)[O-])c1. The Hall–Kier alpha value is -3.03. The highest BCUT2D eigenvalue weighted by Crippen LogP contribution is 2.32. The molecule has 0 N–H and O–H groups in total. The van der Waals surface area contributed by atoms with Gasteiger partial charge in [0.1, 0.15) is 11.5 Å². The molecule has 2 aromatic rings. The number of nitrogens with zero attached hydrogens (tertiary/aromatic N) is 4. The lowest BCUT2D eigenvalue weighted by Crippen LogP contribution is -2.29. The van der Waals surface area contributed by atoms with Crippen LogP contribution in [-0.2, 0) is 7.05 Å². The number of aryl methyl sites for hydroxylation is 1. The Bertz CT molecular complexity index is 844. The zero-order valence-electron chi connectivity index (χ0n) is 13.0. The number of halogens is 1. The van der Waals surface area contributed by atoms with Gasteiger partial charge in [-0.2, -0.15) is 0 Å². The number of carbonyl (C=O) groups is 1. The van der Waals surface area contributed by atoms with Crippen LogP contribution in [0.25, 0.3) is 0 Å². The van der Waals surface area contributed by atoms with Crippen LogP contribution in [0.4, 0.5) is 15.8 Å². The summed E-state index contributed by atoms with van der Waals surface area (Å²) in [4.78, 5) is 28.9. The molecule has 2 heterocycles. The second-order valence-electron chi connectivity index (χ2n) is 5.51. The van der Waals surface area contributed by atoms with Crippen molar-refractivity contribution in [2.24, 2.45) is 7.05 Å². The van der Waals surface area contributed by atoms with Crippen molar-refractivity contribution >= 4 is 17.2 Å². The largest absolute Gasteiger partial charge is 0.359 e. The number of hydrogen-bond acceptors (Lipinski definition) is 5. The van der Waals surface area contributed by atoms with E-state index in [1.807, 2.05) is 0 Å². The molecule has 7 nitrogen and oxygen atoms in total. The zero-order chi connectivity index (χ0) is 17.3. The van der Waals surface area contributed by atoms with Crippen molar-refractivity contribution in [1.29, 1.82) is 0 Å². The number of nitro benzene ring substituents is 1. The van der Waals surface area contributed by atoms with E-state index in [-0.39, 0.29) is 29.4 Å². The summed E-state index contributed by atoms with van der Waals surface area (Å²) in [6, 6.07) is 4.23. The van der Waals surface area contributed by atoms with Crippen LogP contribution in [0.3, 0.4) is 0 Å². The van der Waals surface area contributed by atoms with Crippen molar-refractivity contribution < 1.29 is 14.1 Å². The van der Waals surface area contributed by atoms with Gasteiger partial charge in [-0.1, -0.05) is 0 Å². The number of ketones is 1. The first-order valence-corrected chi connectivity index (χ1v) is 7.37. The second kappa shape index (κ2) is 6.23. The van der Waals surface area contributed by atoms with Crippen molar-refractivity contribution in [3.05, 3.63) is 64.0 Å². The number of hydrogen-bond donors (Lipinski definition) is 0. The lowest BCUT2D eigenvalue weighted by atomic mass is 10.1. The van der Waals surface area contributed by atoms with Crippen LogP contribution in [0, 0.1) is 10.1 Å². The number of carbonyl (C=O) groups excluding carboxylic acids is 1. The highest BCUT2D eigenvalue weighted by atomic mass is 19.1. The lowest BCUT2D eigenvalue weighted by molar-refractivity contribution is -0.384. The Morgan fingerprint density at radius 3 is 2.83 bits per heavy atom. The Kier molecular flexibility index (Phi) is 4.11. The third-order valence-corrected chi connectivity index (χ3v) is 3.91. The van der Waals surface area contributed by atoms with E-state index >= 15 is 0 Å². The highest BCUT2D eigenvalue weighted by Gasteiger charge is 2.25. The molecule has 0 atom stereocenters. The van der Waals surface area contributed by atoms with Gasteiger partial charge in [0.2, 0.25) is 5.78 Å². The van der Waals surface area contributed by atoms with E-state index in [4.69, 9.17) is 0 Å². The topological polar surface area (TPSA) is 81.3 Å². The predicted molar refractivity (Wildman–Crippen MR) is 85.8 cm³/mol. The van der Waals surface area contributed by atoms with Crippen molar-refractivity contribution in [2.45, 2.75) is 6.42 Å². The molecule has 0 unspecified atom stereocenters. The maximum absolute atomic E-state index is 13.5. The summed E-state index contributed by atoms with van der Waals surface area (Å²) in [5.74, 6) is -0.519. The number of benzene rings is 1. The summed E-state index contributed by atoms with van der Waals surface area (Å²) in [6.07, 6.45) is 5.07. The molecule has 0 fully saturated rings. The Morgan fingerprint density at radius 2 is 2.21 bits per heavy atom. The molecule has 24 heavy (non-hydrogen) atoms. The van der Waals surface area contributed by atoms with Gasteiger partial charge in [-0.25, -0.2) is 9.37 Å². The van der Waals surface area contributed by atoms with Gasteiger partial charge in [-0.05, 0) is 24.6 Å². The molecule has 1 aliphatic rings. The molecule has 0 spiro atoms. The molecular weight excluding hydrogens is 315 g/mol. The minimum Gasteiger partial charge on any atom is -0.359 e. The summed E-state index contributed by atoms with van der Waals surface area (Å²) in [5.41, 5.74) is 0.261. The quantitative estimate of drug-likeness (QED) is 0.489. The van der Waals surface area contributed by atoms with E-state index in [0.717, 1.165) is 0 Å². The van der Waals surface area contributed by atoms with Gasteiger partial charge >= 0.3 is 0 Å². The Labute approximate surface area is 137 Å². The van der Waals surface area contributed by atoms with E-state index < -0.39 is 10.7 Å². The van der Waals surface area contributed by atoms with Gasteiger partial charge in [0, 0.05) is 37.6 Å². The minimum atomic E-state index is -0.555. The first-order chi connectivity index (χ1) is 11.5. The summed E-state index contributed by atoms with van der Waals surface area (Å²) < 4.78 is 15.0. The van der Waals surface area contributed by atoms with Crippen LogP contribution in [-0.4, -0.2) is 33.3 Å². The van der Waals surface area contributed by atoms with Gasteiger partial charge < -0.3 is 9.47 Å². The van der Waals surface area contributed by atoms with E-state index in [1.165, 1.54) is 30.5 Å². The van der Waals surface area contributed by atoms with Gasteiger partial charge in [0.05, 0.1) is 11.5 Å².